The summed E-state index contributed by atoms with van der Waals surface area (Å²) in [4.78, 5) is 16.9. The topological polar surface area (TPSA) is 55.1 Å². The molecule has 0 aliphatic rings. The van der Waals surface area contributed by atoms with Gasteiger partial charge in [0, 0.05) is 20.4 Å². The summed E-state index contributed by atoms with van der Waals surface area (Å²) >= 11 is 2.21. The van der Waals surface area contributed by atoms with Crippen LogP contribution < -0.4 is 5.32 Å². The van der Waals surface area contributed by atoms with E-state index in [-0.39, 0.29) is 5.91 Å². The molecule has 1 heterocycles. The number of hydrogen-bond acceptors (Lipinski definition) is 3. The predicted octanol–water partition coefficient (Wildman–Crippen LogP) is 5.91. The van der Waals surface area contributed by atoms with E-state index in [2.05, 4.69) is 51.9 Å². The molecule has 1 amide bonds. The Morgan fingerprint density at radius 1 is 1.04 bits per heavy atom. The second-order valence-corrected chi connectivity index (χ2v) is 7.46. The Kier molecular flexibility index (Phi) is 4.94. The van der Waals surface area contributed by atoms with Crippen molar-refractivity contribution < 1.29 is 9.21 Å². The molecule has 0 saturated carbocycles. The first-order valence-corrected chi connectivity index (χ1v) is 9.77. The Hall–Kier alpha value is -2.67. The summed E-state index contributed by atoms with van der Waals surface area (Å²) in [6.07, 6.45) is 0.965. The third-order valence-corrected chi connectivity index (χ3v) is 5.08. The lowest BCUT2D eigenvalue weighted by molar-refractivity contribution is 0.102. The van der Waals surface area contributed by atoms with Crippen molar-refractivity contribution >= 4 is 45.3 Å². The molecule has 1 N–H and O–H groups in total. The molecule has 0 aliphatic heterocycles. The summed E-state index contributed by atoms with van der Waals surface area (Å²) in [6.45, 7) is 2.12. The van der Waals surface area contributed by atoms with Crippen LogP contribution in [0.3, 0.4) is 0 Å². The zero-order valence-corrected chi connectivity index (χ0v) is 16.9. The van der Waals surface area contributed by atoms with Crippen LogP contribution in [0.4, 0.5) is 5.69 Å². The van der Waals surface area contributed by atoms with Gasteiger partial charge in [0.2, 0.25) is 5.89 Å². The monoisotopic (exact) mass is 468 g/mol. The number of halogens is 1. The van der Waals surface area contributed by atoms with Crippen LogP contribution in [0.25, 0.3) is 22.6 Å². The summed E-state index contributed by atoms with van der Waals surface area (Å²) in [5.41, 5.74) is 5.10. The Morgan fingerprint density at radius 2 is 1.78 bits per heavy atom. The molecule has 0 unspecified atom stereocenters. The molecule has 134 valence electrons. The van der Waals surface area contributed by atoms with Crippen molar-refractivity contribution in [3.05, 3.63) is 81.4 Å². The molecular formula is C22H17IN2O2. The molecule has 4 nitrogen and oxygen atoms in total. The van der Waals surface area contributed by atoms with E-state index in [1.54, 1.807) is 0 Å². The Labute approximate surface area is 170 Å². The highest BCUT2D eigenvalue weighted by Crippen LogP contribution is 2.26. The number of benzene rings is 3. The summed E-state index contributed by atoms with van der Waals surface area (Å²) in [6, 6.07) is 21.0. The zero-order chi connectivity index (χ0) is 18.8. The van der Waals surface area contributed by atoms with Gasteiger partial charge in [-0.25, -0.2) is 4.98 Å². The number of fused-ring (bicyclic) bond motifs is 1. The van der Waals surface area contributed by atoms with Gasteiger partial charge in [0.25, 0.3) is 5.91 Å². The van der Waals surface area contributed by atoms with E-state index in [9.17, 15) is 4.79 Å². The van der Waals surface area contributed by atoms with Crippen LogP contribution >= 0.6 is 22.6 Å². The Morgan fingerprint density at radius 3 is 2.48 bits per heavy atom. The number of aryl methyl sites for hydroxylation is 1. The fourth-order valence-corrected chi connectivity index (χ4v) is 3.18. The van der Waals surface area contributed by atoms with Crippen molar-refractivity contribution in [2.45, 2.75) is 13.3 Å². The largest absolute Gasteiger partial charge is 0.436 e. The highest BCUT2D eigenvalue weighted by Gasteiger charge is 2.10. The number of aromatic nitrogens is 1. The molecule has 0 bridgehead atoms. The molecule has 1 aromatic heterocycles. The van der Waals surface area contributed by atoms with Crippen LogP contribution in [0.2, 0.25) is 0 Å². The van der Waals surface area contributed by atoms with Gasteiger partial charge in [-0.2, -0.15) is 0 Å². The van der Waals surface area contributed by atoms with Gasteiger partial charge in [0.05, 0.1) is 0 Å². The molecule has 27 heavy (non-hydrogen) atoms. The minimum absolute atomic E-state index is 0.131. The number of nitrogens with zero attached hydrogens (tertiary/aromatic N) is 1. The number of hydrogen-bond donors (Lipinski definition) is 1. The zero-order valence-electron chi connectivity index (χ0n) is 14.7. The lowest BCUT2D eigenvalue weighted by Crippen LogP contribution is -2.11. The maximum Gasteiger partial charge on any atom is 0.255 e. The van der Waals surface area contributed by atoms with E-state index in [0.717, 1.165) is 32.3 Å². The smallest absolute Gasteiger partial charge is 0.255 e. The first-order valence-electron chi connectivity index (χ1n) is 8.69. The second-order valence-electron chi connectivity index (χ2n) is 6.21. The van der Waals surface area contributed by atoms with E-state index < -0.39 is 0 Å². The number of carbonyl (C=O) groups excluding carboxylic acids is 1. The summed E-state index contributed by atoms with van der Waals surface area (Å²) in [5.74, 6) is 0.446. The summed E-state index contributed by atoms with van der Waals surface area (Å²) in [5, 5.41) is 2.91. The number of carbonyl (C=O) groups is 1. The van der Waals surface area contributed by atoms with Crippen LogP contribution in [0, 0.1) is 3.57 Å². The van der Waals surface area contributed by atoms with Crippen molar-refractivity contribution in [2.75, 3.05) is 5.32 Å². The second kappa shape index (κ2) is 7.52. The van der Waals surface area contributed by atoms with E-state index in [1.807, 2.05) is 54.6 Å². The summed E-state index contributed by atoms with van der Waals surface area (Å²) < 4.78 is 6.95. The van der Waals surface area contributed by atoms with Gasteiger partial charge in [0.15, 0.2) is 5.58 Å². The fourth-order valence-electron chi connectivity index (χ4n) is 2.82. The van der Waals surface area contributed by atoms with Gasteiger partial charge >= 0.3 is 0 Å². The molecule has 0 saturated heterocycles. The van der Waals surface area contributed by atoms with Gasteiger partial charge in [-0.1, -0.05) is 13.0 Å². The van der Waals surface area contributed by atoms with E-state index >= 15 is 0 Å². The standard InChI is InChI=1S/C22H17IN2O2/c1-2-14-3-12-20-19(13-14)25-22(27-20)16-6-10-18(11-7-16)24-21(26)15-4-8-17(23)9-5-15/h3-13H,2H2,1H3,(H,24,26). The van der Waals surface area contributed by atoms with Crippen molar-refractivity contribution in [3.8, 4) is 11.5 Å². The normalized spacial score (nSPS) is 10.9. The molecule has 4 rings (SSSR count). The van der Waals surface area contributed by atoms with Crippen molar-refractivity contribution in [3.63, 3.8) is 0 Å². The first kappa shape index (κ1) is 17.7. The van der Waals surface area contributed by atoms with Crippen LogP contribution in [-0.4, -0.2) is 10.9 Å². The van der Waals surface area contributed by atoms with Gasteiger partial charge in [0.1, 0.15) is 5.52 Å². The van der Waals surface area contributed by atoms with Gasteiger partial charge in [-0.3, -0.25) is 4.79 Å². The lowest BCUT2D eigenvalue weighted by Gasteiger charge is -2.06. The van der Waals surface area contributed by atoms with Crippen LogP contribution in [0.1, 0.15) is 22.8 Å². The fraction of sp³-hybridized carbons (Fsp3) is 0.0909. The molecule has 0 radical (unpaired) electrons. The van der Waals surface area contributed by atoms with Crippen LogP contribution in [0.15, 0.2) is 71.1 Å². The van der Waals surface area contributed by atoms with Gasteiger partial charge in [-0.05, 0) is 95.2 Å². The van der Waals surface area contributed by atoms with Gasteiger partial charge < -0.3 is 9.73 Å². The molecule has 0 fully saturated rings. The van der Waals surface area contributed by atoms with E-state index in [4.69, 9.17) is 4.42 Å². The number of rotatable bonds is 4. The van der Waals surface area contributed by atoms with Crippen molar-refractivity contribution in [2.24, 2.45) is 0 Å². The maximum atomic E-state index is 12.3. The van der Waals surface area contributed by atoms with Crippen molar-refractivity contribution in [1.29, 1.82) is 0 Å². The molecule has 0 spiro atoms. The Bertz CT molecular complexity index is 1100. The lowest BCUT2D eigenvalue weighted by atomic mass is 10.1. The molecular weight excluding hydrogens is 451 g/mol. The molecule has 3 aromatic carbocycles. The van der Waals surface area contributed by atoms with Crippen molar-refractivity contribution in [1.82, 2.24) is 4.98 Å². The highest BCUT2D eigenvalue weighted by molar-refractivity contribution is 14.1. The van der Waals surface area contributed by atoms with Crippen LogP contribution in [0.5, 0.6) is 0 Å². The third-order valence-electron chi connectivity index (χ3n) is 4.36. The van der Waals surface area contributed by atoms with E-state index in [1.165, 1.54) is 5.56 Å². The number of oxazole rings is 1. The molecule has 5 heteroatoms. The maximum absolute atomic E-state index is 12.3. The average molecular weight is 468 g/mol. The first-order chi connectivity index (χ1) is 13.1. The van der Waals surface area contributed by atoms with E-state index in [0.29, 0.717) is 11.5 Å². The summed E-state index contributed by atoms with van der Waals surface area (Å²) in [7, 11) is 0. The predicted molar refractivity (Wildman–Crippen MR) is 116 cm³/mol. The average Bonchev–Trinajstić information content (AvgIpc) is 3.12. The minimum Gasteiger partial charge on any atom is -0.436 e. The molecule has 0 atom stereocenters. The number of amides is 1. The van der Waals surface area contributed by atoms with Gasteiger partial charge in [-0.15, -0.1) is 0 Å². The van der Waals surface area contributed by atoms with Crippen LogP contribution in [-0.2, 0) is 6.42 Å². The Balaban J connectivity index is 1.53. The minimum atomic E-state index is -0.131. The third kappa shape index (κ3) is 3.88. The highest BCUT2D eigenvalue weighted by atomic mass is 127. The molecule has 0 aliphatic carbocycles. The number of anilines is 1. The SMILES string of the molecule is CCc1ccc2oc(-c3ccc(NC(=O)c4ccc(I)cc4)cc3)nc2c1. The quantitative estimate of drug-likeness (QED) is 0.379. The molecule has 4 aromatic rings. The number of nitrogens with one attached hydrogen (secondary N) is 1.